The van der Waals surface area contributed by atoms with Crippen LogP contribution >= 0.6 is 11.8 Å². The number of rotatable bonds is 9. The van der Waals surface area contributed by atoms with E-state index < -0.39 is 0 Å². The largest absolute Gasteiger partial charge is 0.350 e. The Hall–Kier alpha value is -3.38. The van der Waals surface area contributed by atoms with E-state index in [0.29, 0.717) is 6.42 Å². The van der Waals surface area contributed by atoms with Gasteiger partial charge in [0.15, 0.2) is 11.0 Å². The van der Waals surface area contributed by atoms with E-state index in [1.807, 2.05) is 67.6 Å². The normalized spacial score (nSPS) is 11.8. The van der Waals surface area contributed by atoms with E-state index in [2.05, 4.69) is 51.3 Å². The zero-order chi connectivity index (χ0) is 23.0. The molecule has 1 aromatic heterocycles. The van der Waals surface area contributed by atoms with Gasteiger partial charge < -0.3 is 5.32 Å². The van der Waals surface area contributed by atoms with Gasteiger partial charge in [0, 0.05) is 23.4 Å². The van der Waals surface area contributed by atoms with E-state index in [1.165, 1.54) is 5.56 Å². The van der Waals surface area contributed by atoms with Gasteiger partial charge >= 0.3 is 0 Å². The van der Waals surface area contributed by atoms with Crippen LogP contribution in [0.3, 0.4) is 0 Å². The first-order valence-corrected chi connectivity index (χ1v) is 12.2. The minimum Gasteiger partial charge on any atom is -0.350 e. The van der Waals surface area contributed by atoms with Gasteiger partial charge in [-0.1, -0.05) is 90.1 Å². The Labute approximate surface area is 199 Å². The van der Waals surface area contributed by atoms with E-state index >= 15 is 0 Å². The van der Waals surface area contributed by atoms with Gasteiger partial charge in [-0.3, -0.25) is 9.36 Å². The highest BCUT2D eigenvalue weighted by Crippen LogP contribution is 2.28. The minimum absolute atomic E-state index is 0.00409. The van der Waals surface area contributed by atoms with Crippen molar-refractivity contribution in [3.8, 4) is 17.1 Å². The summed E-state index contributed by atoms with van der Waals surface area (Å²) in [6, 6.07) is 28.5. The third kappa shape index (κ3) is 5.90. The molecule has 0 spiro atoms. The topological polar surface area (TPSA) is 59.8 Å². The zero-order valence-electron chi connectivity index (χ0n) is 18.9. The van der Waals surface area contributed by atoms with E-state index in [9.17, 15) is 4.79 Å². The summed E-state index contributed by atoms with van der Waals surface area (Å²) in [6.07, 6.45) is 1.24. The maximum Gasteiger partial charge on any atom is 0.220 e. The van der Waals surface area contributed by atoms with E-state index in [4.69, 9.17) is 0 Å². The number of hydrogen-bond acceptors (Lipinski definition) is 4. The van der Waals surface area contributed by atoms with Crippen LogP contribution in [-0.2, 0) is 4.79 Å². The van der Waals surface area contributed by atoms with Gasteiger partial charge in [-0.25, -0.2) is 0 Å². The number of carbonyl (C=O) groups excluding carboxylic acids is 1. The standard InChI is InChI=1S/C27H28N4OS/c1-20-15-17-24(18-16-20)31-26(23-12-7-4-8-13-23)29-30-27(31)33-19-9-14-25(32)28-21(2)22-10-5-3-6-11-22/h3-8,10-13,15-18,21H,9,14,19H2,1-2H3,(H,28,32). The lowest BCUT2D eigenvalue weighted by molar-refractivity contribution is -0.121. The van der Waals surface area contributed by atoms with Crippen LogP contribution in [0.5, 0.6) is 0 Å². The number of aromatic nitrogens is 3. The molecule has 6 heteroatoms. The molecule has 0 saturated carbocycles. The van der Waals surface area contributed by atoms with Crippen LogP contribution in [-0.4, -0.2) is 26.4 Å². The Kier molecular flexibility index (Phi) is 7.58. The van der Waals surface area contributed by atoms with Crippen molar-refractivity contribution in [3.63, 3.8) is 0 Å². The third-order valence-electron chi connectivity index (χ3n) is 5.41. The Morgan fingerprint density at radius 1 is 0.939 bits per heavy atom. The average Bonchev–Trinajstić information content (AvgIpc) is 3.27. The van der Waals surface area contributed by atoms with Gasteiger partial charge in [-0.2, -0.15) is 0 Å². The molecule has 0 aliphatic rings. The molecule has 1 N–H and O–H groups in total. The smallest absolute Gasteiger partial charge is 0.220 e. The quantitative estimate of drug-likeness (QED) is 0.248. The summed E-state index contributed by atoms with van der Waals surface area (Å²) in [6.45, 7) is 4.09. The second kappa shape index (κ2) is 11.0. The molecule has 1 amide bonds. The van der Waals surface area contributed by atoms with Crippen molar-refractivity contribution in [2.45, 2.75) is 37.9 Å². The fraction of sp³-hybridized carbons (Fsp3) is 0.222. The van der Waals surface area contributed by atoms with Crippen molar-refractivity contribution in [1.82, 2.24) is 20.1 Å². The van der Waals surface area contributed by atoms with E-state index in [1.54, 1.807) is 11.8 Å². The summed E-state index contributed by atoms with van der Waals surface area (Å²) in [5, 5.41) is 12.9. The van der Waals surface area contributed by atoms with Crippen LogP contribution in [0.2, 0.25) is 0 Å². The predicted molar refractivity (Wildman–Crippen MR) is 134 cm³/mol. The highest BCUT2D eigenvalue weighted by molar-refractivity contribution is 7.99. The Morgan fingerprint density at radius 2 is 1.61 bits per heavy atom. The molecule has 0 fully saturated rings. The molecule has 0 aliphatic heterocycles. The maximum absolute atomic E-state index is 12.4. The zero-order valence-corrected chi connectivity index (χ0v) is 19.8. The summed E-state index contributed by atoms with van der Waals surface area (Å²) in [5.74, 6) is 1.67. The molecule has 4 rings (SSSR count). The molecular weight excluding hydrogens is 428 g/mol. The van der Waals surface area contributed by atoms with Crippen molar-refractivity contribution in [2.75, 3.05) is 5.75 Å². The molecule has 4 aromatic rings. The first-order chi connectivity index (χ1) is 16.1. The molecule has 168 valence electrons. The number of nitrogens with zero attached hydrogens (tertiary/aromatic N) is 3. The van der Waals surface area contributed by atoms with Crippen molar-refractivity contribution >= 4 is 17.7 Å². The van der Waals surface area contributed by atoms with Gasteiger partial charge in [-0.15, -0.1) is 10.2 Å². The summed E-state index contributed by atoms with van der Waals surface area (Å²) in [5.41, 5.74) is 4.37. The minimum atomic E-state index is 0.00409. The molecule has 33 heavy (non-hydrogen) atoms. The first kappa shape index (κ1) is 22.8. The van der Waals surface area contributed by atoms with Gasteiger partial charge in [0.25, 0.3) is 0 Å². The first-order valence-electron chi connectivity index (χ1n) is 11.2. The summed E-state index contributed by atoms with van der Waals surface area (Å²) in [7, 11) is 0. The van der Waals surface area contributed by atoms with Crippen LogP contribution in [0, 0.1) is 6.92 Å². The molecule has 0 bridgehead atoms. The Balaban J connectivity index is 1.40. The number of benzene rings is 3. The fourth-order valence-corrected chi connectivity index (χ4v) is 4.49. The Bertz CT molecular complexity index is 1170. The molecule has 1 heterocycles. The van der Waals surface area contributed by atoms with Crippen molar-refractivity contribution in [2.24, 2.45) is 0 Å². The number of aryl methyl sites for hydroxylation is 1. The Morgan fingerprint density at radius 3 is 2.30 bits per heavy atom. The number of thioether (sulfide) groups is 1. The predicted octanol–water partition coefficient (Wildman–Crippen LogP) is 5.99. The highest BCUT2D eigenvalue weighted by atomic mass is 32.2. The molecule has 0 saturated heterocycles. The molecular formula is C27H28N4OS. The van der Waals surface area contributed by atoms with Crippen molar-refractivity contribution in [1.29, 1.82) is 0 Å². The highest BCUT2D eigenvalue weighted by Gasteiger charge is 2.16. The molecule has 1 atom stereocenters. The second-order valence-corrected chi connectivity index (χ2v) is 9.06. The van der Waals surface area contributed by atoms with Crippen molar-refractivity contribution < 1.29 is 4.79 Å². The molecule has 0 radical (unpaired) electrons. The number of carbonyl (C=O) groups is 1. The number of hydrogen-bond donors (Lipinski definition) is 1. The lowest BCUT2D eigenvalue weighted by atomic mass is 10.1. The summed E-state index contributed by atoms with van der Waals surface area (Å²) < 4.78 is 2.09. The van der Waals surface area contributed by atoms with Crippen molar-refractivity contribution in [3.05, 3.63) is 96.1 Å². The SMILES string of the molecule is Cc1ccc(-n2c(SCCCC(=O)NC(C)c3ccccc3)nnc2-c2ccccc2)cc1. The molecule has 5 nitrogen and oxygen atoms in total. The maximum atomic E-state index is 12.4. The van der Waals surface area contributed by atoms with Crippen LogP contribution < -0.4 is 5.32 Å². The fourth-order valence-electron chi connectivity index (χ4n) is 3.60. The van der Waals surface area contributed by atoms with Gasteiger partial charge in [0.2, 0.25) is 5.91 Å². The van der Waals surface area contributed by atoms with Crippen LogP contribution in [0.15, 0.2) is 90.1 Å². The molecule has 1 unspecified atom stereocenters. The van der Waals surface area contributed by atoms with Gasteiger partial charge in [0.05, 0.1) is 6.04 Å². The monoisotopic (exact) mass is 456 g/mol. The number of nitrogens with one attached hydrogen (secondary N) is 1. The number of amides is 1. The van der Waals surface area contributed by atoms with Gasteiger partial charge in [0.1, 0.15) is 0 Å². The lowest BCUT2D eigenvalue weighted by Gasteiger charge is -2.14. The summed E-state index contributed by atoms with van der Waals surface area (Å²) in [4.78, 5) is 12.4. The lowest BCUT2D eigenvalue weighted by Crippen LogP contribution is -2.26. The van der Waals surface area contributed by atoms with Crippen LogP contribution in [0.1, 0.15) is 36.9 Å². The molecule has 3 aromatic carbocycles. The molecule has 0 aliphatic carbocycles. The third-order valence-corrected chi connectivity index (χ3v) is 6.43. The van der Waals surface area contributed by atoms with E-state index in [0.717, 1.165) is 40.0 Å². The average molecular weight is 457 g/mol. The van der Waals surface area contributed by atoms with Gasteiger partial charge in [-0.05, 0) is 38.0 Å². The van der Waals surface area contributed by atoms with Crippen LogP contribution in [0.25, 0.3) is 17.1 Å². The van der Waals surface area contributed by atoms with Crippen LogP contribution in [0.4, 0.5) is 0 Å². The van der Waals surface area contributed by atoms with E-state index in [-0.39, 0.29) is 11.9 Å². The second-order valence-electron chi connectivity index (χ2n) is 8.00. The summed E-state index contributed by atoms with van der Waals surface area (Å²) >= 11 is 1.63.